The van der Waals surface area contributed by atoms with E-state index in [1.54, 1.807) is 12.1 Å². The van der Waals surface area contributed by atoms with Crippen molar-refractivity contribution in [2.75, 3.05) is 5.32 Å². The van der Waals surface area contributed by atoms with Crippen LogP contribution < -0.4 is 10.6 Å². The monoisotopic (exact) mass is 295 g/mol. The van der Waals surface area contributed by atoms with Crippen LogP contribution in [0.5, 0.6) is 0 Å². The fourth-order valence-corrected chi connectivity index (χ4v) is 3.10. The van der Waals surface area contributed by atoms with Gasteiger partial charge in [-0.1, -0.05) is 22.9 Å². The van der Waals surface area contributed by atoms with E-state index in [9.17, 15) is 9.59 Å². The SMILES string of the molecule is O=C1CCC(C(=O)Nc2nc3ccc(Cl)cc3s2)N1. The van der Waals surface area contributed by atoms with E-state index in [1.165, 1.54) is 11.3 Å². The third-order valence-electron chi connectivity index (χ3n) is 2.89. The van der Waals surface area contributed by atoms with E-state index in [-0.39, 0.29) is 11.8 Å². The molecule has 2 aromatic rings. The number of carbonyl (C=O) groups is 2. The van der Waals surface area contributed by atoms with E-state index in [0.29, 0.717) is 23.0 Å². The summed E-state index contributed by atoms with van der Waals surface area (Å²) in [4.78, 5) is 27.3. The van der Waals surface area contributed by atoms with Gasteiger partial charge in [0, 0.05) is 11.4 Å². The number of benzene rings is 1. The molecular weight excluding hydrogens is 286 g/mol. The first-order valence-corrected chi connectivity index (χ1v) is 6.97. The van der Waals surface area contributed by atoms with Gasteiger partial charge in [-0.05, 0) is 24.6 Å². The summed E-state index contributed by atoms with van der Waals surface area (Å²) in [5.74, 6) is -0.313. The number of rotatable bonds is 2. The largest absolute Gasteiger partial charge is 0.344 e. The van der Waals surface area contributed by atoms with Crippen LogP contribution in [0.25, 0.3) is 10.2 Å². The van der Waals surface area contributed by atoms with Gasteiger partial charge in [0.25, 0.3) is 0 Å². The van der Waals surface area contributed by atoms with Crippen molar-refractivity contribution in [1.82, 2.24) is 10.3 Å². The number of aromatic nitrogens is 1. The number of amides is 2. The first-order chi connectivity index (χ1) is 9.11. The normalized spacial score (nSPS) is 18.6. The average molecular weight is 296 g/mol. The minimum Gasteiger partial charge on any atom is -0.344 e. The van der Waals surface area contributed by atoms with Crippen LogP contribution >= 0.6 is 22.9 Å². The van der Waals surface area contributed by atoms with Crippen LogP contribution in [0.15, 0.2) is 18.2 Å². The average Bonchev–Trinajstić information content (AvgIpc) is 2.94. The maximum Gasteiger partial charge on any atom is 0.248 e. The van der Waals surface area contributed by atoms with Gasteiger partial charge in [0.15, 0.2) is 5.13 Å². The maximum absolute atomic E-state index is 11.9. The van der Waals surface area contributed by atoms with Gasteiger partial charge in [0.2, 0.25) is 11.8 Å². The summed E-state index contributed by atoms with van der Waals surface area (Å²) >= 11 is 7.26. The Labute approximate surface area is 118 Å². The summed E-state index contributed by atoms with van der Waals surface area (Å²) in [6.07, 6.45) is 0.926. The molecule has 19 heavy (non-hydrogen) atoms. The predicted octanol–water partition coefficient (Wildman–Crippen LogP) is 2.17. The van der Waals surface area contributed by atoms with Crippen molar-refractivity contribution in [3.63, 3.8) is 0 Å². The lowest BCUT2D eigenvalue weighted by molar-refractivity contribution is -0.122. The number of nitrogens with zero attached hydrogens (tertiary/aromatic N) is 1. The van der Waals surface area contributed by atoms with E-state index < -0.39 is 6.04 Å². The minimum atomic E-state index is -0.455. The minimum absolute atomic E-state index is 0.0868. The zero-order valence-corrected chi connectivity index (χ0v) is 11.3. The molecule has 7 heteroatoms. The van der Waals surface area contributed by atoms with Crippen molar-refractivity contribution in [2.24, 2.45) is 0 Å². The molecule has 1 aliphatic heterocycles. The van der Waals surface area contributed by atoms with E-state index in [4.69, 9.17) is 11.6 Å². The topological polar surface area (TPSA) is 71.1 Å². The molecule has 0 bridgehead atoms. The number of fused-ring (bicyclic) bond motifs is 1. The summed E-state index contributed by atoms with van der Waals surface area (Å²) in [6, 6.07) is 4.91. The Hall–Kier alpha value is -1.66. The first kappa shape index (κ1) is 12.4. The number of anilines is 1. The number of thiazole rings is 1. The van der Waals surface area contributed by atoms with E-state index in [1.807, 2.05) is 6.07 Å². The molecule has 2 N–H and O–H groups in total. The highest BCUT2D eigenvalue weighted by Gasteiger charge is 2.27. The summed E-state index contributed by atoms with van der Waals surface area (Å²) in [6.45, 7) is 0. The second kappa shape index (κ2) is 4.79. The molecule has 1 unspecified atom stereocenters. The fraction of sp³-hybridized carbons (Fsp3) is 0.250. The fourth-order valence-electron chi connectivity index (χ4n) is 1.96. The molecule has 1 aromatic heterocycles. The second-order valence-electron chi connectivity index (χ2n) is 4.28. The molecule has 2 amide bonds. The molecule has 0 spiro atoms. The number of nitrogens with one attached hydrogen (secondary N) is 2. The van der Waals surface area contributed by atoms with Gasteiger partial charge >= 0.3 is 0 Å². The van der Waals surface area contributed by atoms with Crippen molar-refractivity contribution < 1.29 is 9.59 Å². The molecule has 0 saturated carbocycles. The molecule has 0 radical (unpaired) electrons. The standard InChI is InChI=1S/C12H10ClN3O2S/c13-6-1-2-7-9(5-6)19-12(15-7)16-11(18)8-3-4-10(17)14-8/h1-2,5,8H,3-4H2,(H,14,17)(H,15,16,18). The van der Waals surface area contributed by atoms with Gasteiger partial charge in [-0.15, -0.1) is 0 Å². The van der Waals surface area contributed by atoms with Crippen LogP contribution in [0.4, 0.5) is 5.13 Å². The van der Waals surface area contributed by atoms with Gasteiger partial charge < -0.3 is 10.6 Å². The van der Waals surface area contributed by atoms with Gasteiger partial charge in [-0.3, -0.25) is 9.59 Å². The summed E-state index contributed by atoms with van der Waals surface area (Å²) < 4.78 is 0.915. The van der Waals surface area contributed by atoms with Crippen LogP contribution in [0.2, 0.25) is 5.02 Å². The highest BCUT2D eigenvalue weighted by Crippen LogP contribution is 2.28. The van der Waals surface area contributed by atoms with Crippen LogP contribution in [0, 0.1) is 0 Å². The predicted molar refractivity (Wildman–Crippen MR) is 74.4 cm³/mol. The second-order valence-corrected chi connectivity index (χ2v) is 5.75. The smallest absolute Gasteiger partial charge is 0.248 e. The highest BCUT2D eigenvalue weighted by molar-refractivity contribution is 7.22. The molecule has 98 valence electrons. The van der Waals surface area contributed by atoms with Crippen molar-refractivity contribution >= 4 is 50.1 Å². The molecule has 1 saturated heterocycles. The van der Waals surface area contributed by atoms with Crippen LogP contribution in [-0.4, -0.2) is 22.8 Å². The highest BCUT2D eigenvalue weighted by atomic mass is 35.5. The number of hydrogen-bond acceptors (Lipinski definition) is 4. The Bertz CT molecular complexity index is 670. The molecule has 3 rings (SSSR count). The number of halogens is 1. The molecule has 5 nitrogen and oxygen atoms in total. The molecule has 2 heterocycles. The molecule has 1 aromatic carbocycles. The molecular formula is C12H10ClN3O2S. The Morgan fingerprint density at radius 3 is 3.11 bits per heavy atom. The lowest BCUT2D eigenvalue weighted by atomic mass is 10.2. The lowest BCUT2D eigenvalue weighted by Crippen LogP contribution is -2.37. The van der Waals surface area contributed by atoms with Gasteiger partial charge in [-0.25, -0.2) is 4.98 Å². The lowest BCUT2D eigenvalue weighted by Gasteiger charge is -2.08. The first-order valence-electron chi connectivity index (χ1n) is 5.78. The van der Waals surface area contributed by atoms with Gasteiger partial charge in [0.05, 0.1) is 10.2 Å². The summed E-state index contributed by atoms with van der Waals surface area (Å²) in [7, 11) is 0. The van der Waals surface area contributed by atoms with Crippen LogP contribution in [0.1, 0.15) is 12.8 Å². The summed E-state index contributed by atoms with van der Waals surface area (Å²) in [5.41, 5.74) is 0.792. The summed E-state index contributed by atoms with van der Waals surface area (Å²) in [5, 5.41) is 6.50. The van der Waals surface area contributed by atoms with Crippen molar-refractivity contribution in [3.05, 3.63) is 23.2 Å². The number of carbonyl (C=O) groups excluding carboxylic acids is 2. The quantitative estimate of drug-likeness (QED) is 0.892. The molecule has 1 atom stereocenters. The maximum atomic E-state index is 11.9. The Morgan fingerprint density at radius 2 is 2.37 bits per heavy atom. The van der Waals surface area contributed by atoms with E-state index in [2.05, 4.69) is 15.6 Å². The third-order valence-corrected chi connectivity index (χ3v) is 4.06. The van der Waals surface area contributed by atoms with Crippen LogP contribution in [-0.2, 0) is 9.59 Å². The van der Waals surface area contributed by atoms with Gasteiger partial charge in [0.1, 0.15) is 6.04 Å². The zero-order chi connectivity index (χ0) is 13.4. The third kappa shape index (κ3) is 2.54. The van der Waals surface area contributed by atoms with Crippen LogP contribution in [0.3, 0.4) is 0 Å². The van der Waals surface area contributed by atoms with E-state index >= 15 is 0 Å². The number of hydrogen-bond donors (Lipinski definition) is 2. The zero-order valence-electron chi connectivity index (χ0n) is 9.77. The van der Waals surface area contributed by atoms with E-state index in [0.717, 1.165) is 10.2 Å². The molecule has 0 aliphatic carbocycles. The Kier molecular flexibility index (Phi) is 3.12. The molecule has 1 fully saturated rings. The van der Waals surface area contributed by atoms with Gasteiger partial charge in [-0.2, -0.15) is 0 Å². The van der Waals surface area contributed by atoms with Crippen molar-refractivity contribution in [2.45, 2.75) is 18.9 Å². The Balaban J connectivity index is 1.77. The van der Waals surface area contributed by atoms with Crippen molar-refractivity contribution in [3.8, 4) is 0 Å². The van der Waals surface area contributed by atoms with Crippen molar-refractivity contribution in [1.29, 1.82) is 0 Å². The molecule has 1 aliphatic rings. The Morgan fingerprint density at radius 1 is 1.53 bits per heavy atom.